The molecule has 2 aliphatic rings. The molecule has 0 aliphatic carbocycles. The summed E-state index contributed by atoms with van der Waals surface area (Å²) in [6.07, 6.45) is 2.16. The molecule has 4 nitrogen and oxygen atoms in total. The Balaban J connectivity index is 1.82. The first-order valence-corrected chi connectivity index (χ1v) is 8.34. The van der Waals surface area contributed by atoms with E-state index in [0.29, 0.717) is 5.91 Å². The van der Waals surface area contributed by atoms with Crippen molar-refractivity contribution in [2.45, 2.75) is 32.4 Å². The molecule has 2 unspecified atom stereocenters. The van der Waals surface area contributed by atoms with Crippen LogP contribution < -0.4 is 4.90 Å². The van der Waals surface area contributed by atoms with Crippen LogP contribution in [0.15, 0.2) is 24.3 Å². The van der Waals surface area contributed by atoms with Gasteiger partial charge in [-0.25, -0.2) is 0 Å². The minimum absolute atomic E-state index is 0.164. The quantitative estimate of drug-likeness (QED) is 0.795. The van der Waals surface area contributed by atoms with E-state index in [1.54, 1.807) is 0 Å². The average molecular weight is 301 g/mol. The fourth-order valence-electron chi connectivity index (χ4n) is 3.85. The highest BCUT2D eigenvalue weighted by Crippen LogP contribution is 2.28. The predicted octanol–water partition coefficient (Wildman–Crippen LogP) is 2.20. The third-order valence-electron chi connectivity index (χ3n) is 5.07. The Morgan fingerprint density at radius 3 is 2.73 bits per heavy atom. The number of likely N-dealkylation sites (tertiary alicyclic amines) is 1. The Kier molecular flexibility index (Phi) is 4.39. The van der Waals surface area contributed by atoms with Crippen molar-refractivity contribution < 1.29 is 4.79 Å². The van der Waals surface area contributed by atoms with Crippen LogP contribution in [-0.2, 0) is 11.3 Å². The normalized spacial score (nSPS) is 26.5. The summed E-state index contributed by atoms with van der Waals surface area (Å²) in [5.41, 5.74) is 2.51. The molecule has 4 heteroatoms. The van der Waals surface area contributed by atoms with Gasteiger partial charge in [-0.1, -0.05) is 18.2 Å². The number of amides is 1. The Morgan fingerprint density at radius 2 is 1.95 bits per heavy atom. The molecule has 1 aromatic carbocycles. The number of rotatable bonds is 1. The Labute approximate surface area is 133 Å². The van der Waals surface area contributed by atoms with Gasteiger partial charge in [0.2, 0.25) is 5.91 Å². The van der Waals surface area contributed by atoms with E-state index in [1.807, 2.05) is 0 Å². The van der Waals surface area contributed by atoms with Crippen LogP contribution >= 0.6 is 0 Å². The van der Waals surface area contributed by atoms with Gasteiger partial charge in [-0.15, -0.1) is 0 Å². The molecule has 0 spiro atoms. The van der Waals surface area contributed by atoms with Crippen LogP contribution in [0.1, 0.15) is 25.3 Å². The van der Waals surface area contributed by atoms with Crippen molar-refractivity contribution in [3.05, 3.63) is 29.8 Å². The lowest BCUT2D eigenvalue weighted by atomic mass is 9.96. The lowest BCUT2D eigenvalue weighted by Crippen LogP contribution is -2.48. The zero-order valence-corrected chi connectivity index (χ0v) is 14.0. The van der Waals surface area contributed by atoms with E-state index in [9.17, 15) is 4.79 Å². The van der Waals surface area contributed by atoms with Crippen molar-refractivity contribution in [3.8, 4) is 0 Å². The first kappa shape index (κ1) is 15.3. The van der Waals surface area contributed by atoms with E-state index in [-0.39, 0.29) is 12.0 Å². The van der Waals surface area contributed by atoms with E-state index in [1.165, 1.54) is 11.3 Å². The summed E-state index contributed by atoms with van der Waals surface area (Å²) in [5, 5.41) is 0. The van der Waals surface area contributed by atoms with Crippen LogP contribution in [-0.4, -0.2) is 55.5 Å². The third kappa shape index (κ3) is 2.98. The van der Waals surface area contributed by atoms with Gasteiger partial charge in [0.1, 0.15) is 0 Å². The van der Waals surface area contributed by atoms with E-state index in [0.717, 1.165) is 39.0 Å². The largest absolute Gasteiger partial charge is 0.372 e. The van der Waals surface area contributed by atoms with E-state index in [2.05, 4.69) is 60.0 Å². The summed E-state index contributed by atoms with van der Waals surface area (Å²) in [6, 6.07) is 8.70. The van der Waals surface area contributed by atoms with Gasteiger partial charge in [-0.05, 0) is 45.0 Å². The zero-order valence-electron chi connectivity index (χ0n) is 14.0. The van der Waals surface area contributed by atoms with Gasteiger partial charge < -0.3 is 14.7 Å². The minimum Gasteiger partial charge on any atom is -0.372 e. The lowest BCUT2D eigenvalue weighted by molar-refractivity contribution is -0.139. The minimum atomic E-state index is 0.164. The molecule has 1 saturated heterocycles. The maximum absolute atomic E-state index is 13.1. The molecular weight excluding hydrogens is 274 g/mol. The Hall–Kier alpha value is -1.55. The SMILES string of the molecule is CC1CN(C)c2ccccc2CN1C(=O)C1CCCN(C)C1. The van der Waals surface area contributed by atoms with Crippen molar-refractivity contribution in [2.75, 3.05) is 38.6 Å². The van der Waals surface area contributed by atoms with Crippen LogP contribution in [0.5, 0.6) is 0 Å². The molecule has 2 atom stereocenters. The van der Waals surface area contributed by atoms with Gasteiger partial charge in [0.15, 0.2) is 0 Å². The summed E-state index contributed by atoms with van der Waals surface area (Å²) in [5.74, 6) is 0.501. The number of nitrogens with zero attached hydrogens (tertiary/aromatic N) is 3. The number of carbonyl (C=O) groups is 1. The summed E-state index contributed by atoms with van der Waals surface area (Å²) in [6.45, 7) is 5.82. The predicted molar refractivity (Wildman–Crippen MR) is 89.9 cm³/mol. The molecule has 2 aliphatic heterocycles. The molecule has 0 saturated carbocycles. The van der Waals surface area contributed by atoms with Gasteiger partial charge in [-0.2, -0.15) is 0 Å². The lowest BCUT2D eigenvalue weighted by Gasteiger charge is -2.35. The maximum atomic E-state index is 13.1. The maximum Gasteiger partial charge on any atom is 0.227 e. The van der Waals surface area contributed by atoms with Crippen molar-refractivity contribution in [3.63, 3.8) is 0 Å². The van der Waals surface area contributed by atoms with Gasteiger partial charge >= 0.3 is 0 Å². The van der Waals surface area contributed by atoms with Crippen molar-refractivity contribution in [1.82, 2.24) is 9.80 Å². The molecule has 0 N–H and O–H groups in total. The molecule has 3 rings (SSSR count). The third-order valence-corrected chi connectivity index (χ3v) is 5.07. The second-order valence-electron chi connectivity index (χ2n) is 6.93. The fourth-order valence-corrected chi connectivity index (χ4v) is 3.85. The highest BCUT2D eigenvalue weighted by atomic mass is 16.2. The number of carbonyl (C=O) groups excluding carboxylic acids is 1. The smallest absolute Gasteiger partial charge is 0.227 e. The second kappa shape index (κ2) is 6.29. The molecule has 0 aromatic heterocycles. The first-order chi connectivity index (χ1) is 10.6. The molecule has 1 amide bonds. The number of anilines is 1. The highest BCUT2D eigenvalue weighted by molar-refractivity contribution is 5.80. The summed E-state index contributed by atoms with van der Waals surface area (Å²) < 4.78 is 0. The van der Waals surface area contributed by atoms with Gasteiger partial charge in [0, 0.05) is 38.4 Å². The van der Waals surface area contributed by atoms with Crippen LogP contribution in [0.25, 0.3) is 0 Å². The average Bonchev–Trinajstić information content (AvgIpc) is 2.63. The number of piperidine rings is 1. The van der Waals surface area contributed by atoms with Gasteiger partial charge in [-0.3, -0.25) is 4.79 Å². The summed E-state index contributed by atoms with van der Waals surface area (Å²) >= 11 is 0. The van der Waals surface area contributed by atoms with Crippen molar-refractivity contribution in [1.29, 1.82) is 0 Å². The van der Waals surface area contributed by atoms with Crippen LogP contribution in [0.2, 0.25) is 0 Å². The number of benzene rings is 1. The number of fused-ring (bicyclic) bond motifs is 1. The van der Waals surface area contributed by atoms with E-state index in [4.69, 9.17) is 0 Å². The monoisotopic (exact) mass is 301 g/mol. The van der Waals surface area contributed by atoms with E-state index >= 15 is 0 Å². The van der Waals surface area contributed by atoms with Crippen LogP contribution in [0.3, 0.4) is 0 Å². The van der Waals surface area contributed by atoms with Crippen molar-refractivity contribution >= 4 is 11.6 Å². The Morgan fingerprint density at radius 1 is 1.18 bits per heavy atom. The molecule has 120 valence electrons. The summed E-state index contributed by atoms with van der Waals surface area (Å²) in [7, 11) is 4.24. The molecular formula is C18H27N3O. The number of para-hydroxylation sites is 1. The molecule has 1 aromatic rings. The van der Waals surface area contributed by atoms with Crippen LogP contribution in [0, 0.1) is 5.92 Å². The number of hydrogen-bond donors (Lipinski definition) is 0. The van der Waals surface area contributed by atoms with E-state index < -0.39 is 0 Å². The standard InChI is InChI=1S/C18H27N3O/c1-14-11-20(3)17-9-5-4-7-15(17)13-21(14)18(22)16-8-6-10-19(2)12-16/h4-5,7,9,14,16H,6,8,10-13H2,1-3H3. The van der Waals surface area contributed by atoms with Crippen molar-refractivity contribution in [2.24, 2.45) is 5.92 Å². The highest BCUT2D eigenvalue weighted by Gasteiger charge is 2.32. The van der Waals surface area contributed by atoms with Crippen LogP contribution in [0.4, 0.5) is 5.69 Å². The van der Waals surface area contributed by atoms with Gasteiger partial charge in [0.05, 0.1) is 5.92 Å². The second-order valence-corrected chi connectivity index (χ2v) is 6.93. The molecule has 22 heavy (non-hydrogen) atoms. The fraction of sp³-hybridized carbons (Fsp3) is 0.611. The first-order valence-electron chi connectivity index (χ1n) is 8.34. The molecule has 2 heterocycles. The molecule has 1 fully saturated rings. The zero-order chi connectivity index (χ0) is 15.7. The van der Waals surface area contributed by atoms with Gasteiger partial charge in [0.25, 0.3) is 0 Å². The number of hydrogen-bond acceptors (Lipinski definition) is 3. The Bertz CT molecular complexity index is 545. The summed E-state index contributed by atoms with van der Waals surface area (Å²) in [4.78, 5) is 19.7. The molecule has 0 radical (unpaired) electrons. The molecule has 0 bridgehead atoms. The number of likely N-dealkylation sites (N-methyl/N-ethyl adjacent to an activating group) is 1. The topological polar surface area (TPSA) is 26.8 Å².